The number of ether oxygens (including phenoxy) is 1. The molecule has 0 aromatic heterocycles. The second-order valence-corrected chi connectivity index (χ2v) is 5.67. The summed E-state index contributed by atoms with van der Waals surface area (Å²) in [6.45, 7) is 2.40. The molecule has 24 heavy (non-hydrogen) atoms. The largest absolute Gasteiger partial charge is 0.451 e. The first-order valence-electron chi connectivity index (χ1n) is 8.05. The van der Waals surface area contributed by atoms with Crippen molar-refractivity contribution in [1.82, 2.24) is 10.2 Å². The van der Waals surface area contributed by atoms with Gasteiger partial charge >= 0.3 is 5.97 Å². The van der Waals surface area contributed by atoms with Gasteiger partial charge < -0.3 is 15.0 Å². The molecule has 6 nitrogen and oxygen atoms in total. The van der Waals surface area contributed by atoms with Crippen molar-refractivity contribution in [3.05, 3.63) is 41.6 Å². The number of carbonyl (C=O) groups excluding carboxylic acids is 3. The Morgan fingerprint density at radius 3 is 2.42 bits per heavy atom. The molecular weight excluding hydrogens is 308 g/mol. The minimum atomic E-state index is -0.723. The van der Waals surface area contributed by atoms with Crippen molar-refractivity contribution in [3.8, 4) is 0 Å². The molecule has 1 aromatic rings. The normalized spacial score (nSPS) is 14.9. The van der Waals surface area contributed by atoms with Gasteiger partial charge in [-0.15, -0.1) is 0 Å². The number of hydrogen-bond donors (Lipinski definition) is 1. The highest BCUT2D eigenvalue weighted by atomic mass is 16.5. The molecule has 1 N–H and O–H groups in total. The van der Waals surface area contributed by atoms with Gasteiger partial charge in [-0.2, -0.15) is 0 Å². The molecule has 1 aliphatic rings. The lowest BCUT2D eigenvalue weighted by atomic mass is 10.1. The van der Waals surface area contributed by atoms with E-state index in [2.05, 4.69) is 5.32 Å². The van der Waals surface area contributed by atoms with Crippen LogP contribution in [0.5, 0.6) is 0 Å². The second-order valence-electron chi connectivity index (χ2n) is 5.67. The highest BCUT2D eigenvalue weighted by molar-refractivity contribution is 5.98. The van der Waals surface area contributed by atoms with E-state index >= 15 is 0 Å². The minimum absolute atomic E-state index is 0.0140. The maximum absolute atomic E-state index is 12.2. The predicted octanol–water partition coefficient (Wildman–Crippen LogP) is 1.72. The molecule has 0 unspecified atom stereocenters. The number of carbonyl (C=O) groups is 3. The van der Waals surface area contributed by atoms with Crippen LogP contribution in [-0.2, 0) is 19.1 Å². The third-order valence-electron chi connectivity index (χ3n) is 3.68. The standard InChI is InChI=1S/C18H22N2O4/c1-14(21)19-16(12-15-8-4-2-5-9-15)18(23)24-13-17(22)20-10-6-3-7-11-20/h2,4-5,8-9,12H,3,6-7,10-11,13H2,1H3,(H,19,21)/b16-12-. The predicted molar refractivity (Wildman–Crippen MR) is 89.6 cm³/mol. The molecule has 128 valence electrons. The first kappa shape index (κ1) is 17.7. The van der Waals surface area contributed by atoms with Gasteiger partial charge in [0.05, 0.1) is 0 Å². The minimum Gasteiger partial charge on any atom is -0.451 e. The number of nitrogens with one attached hydrogen (secondary N) is 1. The number of amides is 2. The van der Waals surface area contributed by atoms with Gasteiger partial charge in [-0.3, -0.25) is 9.59 Å². The zero-order chi connectivity index (χ0) is 17.4. The van der Waals surface area contributed by atoms with E-state index in [1.807, 2.05) is 18.2 Å². The Morgan fingerprint density at radius 1 is 1.12 bits per heavy atom. The molecule has 0 saturated carbocycles. The summed E-state index contributed by atoms with van der Waals surface area (Å²) in [4.78, 5) is 37.2. The summed E-state index contributed by atoms with van der Waals surface area (Å²) in [6, 6.07) is 9.10. The first-order chi connectivity index (χ1) is 11.6. The third kappa shape index (κ3) is 5.53. The van der Waals surface area contributed by atoms with Crippen LogP contribution in [0.3, 0.4) is 0 Å². The molecule has 1 fully saturated rings. The van der Waals surface area contributed by atoms with Gasteiger partial charge in [0.2, 0.25) is 5.91 Å². The molecule has 1 aliphatic heterocycles. The fraction of sp³-hybridized carbons (Fsp3) is 0.389. The molecule has 0 bridgehead atoms. The van der Waals surface area contributed by atoms with Crippen LogP contribution in [0, 0.1) is 0 Å². The van der Waals surface area contributed by atoms with E-state index < -0.39 is 5.97 Å². The molecule has 6 heteroatoms. The second kappa shape index (κ2) is 8.86. The van der Waals surface area contributed by atoms with Gasteiger partial charge in [0, 0.05) is 20.0 Å². The Morgan fingerprint density at radius 2 is 1.79 bits per heavy atom. The quantitative estimate of drug-likeness (QED) is 0.659. The Balaban J connectivity index is 1.98. The van der Waals surface area contributed by atoms with Gasteiger partial charge in [-0.1, -0.05) is 30.3 Å². The summed E-state index contributed by atoms with van der Waals surface area (Å²) in [5, 5.41) is 2.45. The maximum atomic E-state index is 12.2. The zero-order valence-electron chi connectivity index (χ0n) is 13.8. The number of esters is 1. The van der Waals surface area contributed by atoms with Crippen molar-refractivity contribution in [2.24, 2.45) is 0 Å². The van der Waals surface area contributed by atoms with Crippen LogP contribution in [0.15, 0.2) is 36.0 Å². The summed E-state index contributed by atoms with van der Waals surface area (Å²) >= 11 is 0. The van der Waals surface area contributed by atoms with E-state index in [9.17, 15) is 14.4 Å². The van der Waals surface area contributed by atoms with Crippen LogP contribution >= 0.6 is 0 Å². The van der Waals surface area contributed by atoms with E-state index in [0.29, 0.717) is 13.1 Å². The summed E-state index contributed by atoms with van der Waals surface area (Å²) in [5.74, 6) is -1.30. The van der Waals surface area contributed by atoms with Crippen molar-refractivity contribution in [2.45, 2.75) is 26.2 Å². The van der Waals surface area contributed by atoms with Crippen molar-refractivity contribution in [2.75, 3.05) is 19.7 Å². The smallest absolute Gasteiger partial charge is 0.355 e. The zero-order valence-corrected chi connectivity index (χ0v) is 13.8. The van der Waals surface area contributed by atoms with Crippen molar-refractivity contribution in [3.63, 3.8) is 0 Å². The summed E-state index contributed by atoms with van der Waals surface area (Å²) in [6.07, 6.45) is 4.60. The van der Waals surface area contributed by atoms with Crippen molar-refractivity contribution in [1.29, 1.82) is 0 Å². The number of benzene rings is 1. The van der Waals surface area contributed by atoms with Crippen LogP contribution in [-0.4, -0.2) is 42.4 Å². The lowest BCUT2D eigenvalue weighted by molar-refractivity contribution is -0.149. The molecular formula is C18H22N2O4. The number of rotatable bonds is 5. The summed E-state index contributed by atoms with van der Waals surface area (Å²) < 4.78 is 5.08. The summed E-state index contributed by atoms with van der Waals surface area (Å²) in [7, 11) is 0. The van der Waals surface area contributed by atoms with E-state index in [4.69, 9.17) is 4.74 Å². The Hall–Kier alpha value is -2.63. The van der Waals surface area contributed by atoms with Crippen LogP contribution in [0.1, 0.15) is 31.7 Å². The highest BCUT2D eigenvalue weighted by Gasteiger charge is 2.19. The van der Waals surface area contributed by atoms with Gasteiger partial charge in [0.1, 0.15) is 5.70 Å². The van der Waals surface area contributed by atoms with Crippen molar-refractivity contribution < 1.29 is 19.1 Å². The monoisotopic (exact) mass is 330 g/mol. The number of piperidine rings is 1. The van der Waals surface area contributed by atoms with E-state index in [1.165, 1.54) is 13.0 Å². The van der Waals surface area contributed by atoms with Gasteiger partial charge in [0.15, 0.2) is 6.61 Å². The fourth-order valence-corrected chi connectivity index (χ4v) is 2.49. The van der Waals surface area contributed by atoms with Gasteiger partial charge in [-0.25, -0.2) is 4.79 Å². The SMILES string of the molecule is CC(=O)N/C(=C\c1ccccc1)C(=O)OCC(=O)N1CCCCC1. The lowest BCUT2D eigenvalue weighted by Gasteiger charge is -2.26. The Bertz CT molecular complexity index is 619. The maximum Gasteiger partial charge on any atom is 0.355 e. The highest BCUT2D eigenvalue weighted by Crippen LogP contribution is 2.10. The Kier molecular flexibility index (Phi) is 6.54. The topological polar surface area (TPSA) is 75.7 Å². The molecule has 2 rings (SSSR count). The van der Waals surface area contributed by atoms with Crippen molar-refractivity contribution >= 4 is 23.9 Å². The molecule has 1 heterocycles. The lowest BCUT2D eigenvalue weighted by Crippen LogP contribution is -2.39. The van der Waals surface area contributed by atoms with Gasteiger partial charge in [0.25, 0.3) is 5.91 Å². The molecule has 0 spiro atoms. The number of nitrogens with zero attached hydrogens (tertiary/aromatic N) is 1. The van der Waals surface area contributed by atoms with E-state index in [-0.39, 0.29) is 24.1 Å². The van der Waals surface area contributed by atoms with E-state index in [1.54, 1.807) is 17.0 Å². The molecule has 1 aromatic carbocycles. The molecule has 2 amide bonds. The molecule has 0 aliphatic carbocycles. The fourth-order valence-electron chi connectivity index (χ4n) is 2.49. The molecule has 0 radical (unpaired) electrons. The van der Waals surface area contributed by atoms with Crippen LogP contribution in [0.2, 0.25) is 0 Å². The number of hydrogen-bond acceptors (Lipinski definition) is 4. The third-order valence-corrected chi connectivity index (χ3v) is 3.68. The molecule has 1 saturated heterocycles. The average molecular weight is 330 g/mol. The summed E-state index contributed by atoms with van der Waals surface area (Å²) in [5.41, 5.74) is 0.765. The Labute approximate surface area is 141 Å². The average Bonchev–Trinajstić information content (AvgIpc) is 2.60. The van der Waals surface area contributed by atoms with Crippen LogP contribution < -0.4 is 5.32 Å². The van der Waals surface area contributed by atoms with Gasteiger partial charge in [-0.05, 0) is 30.9 Å². The molecule has 0 atom stereocenters. The number of likely N-dealkylation sites (tertiary alicyclic amines) is 1. The first-order valence-corrected chi connectivity index (χ1v) is 8.05. The van der Waals surface area contributed by atoms with E-state index in [0.717, 1.165) is 24.8 Å². The van der Waals surface area contributed by atoms with Crippen LogP contribution in [0.4, 0.5) is 0 Å². The van der Waals surface area contributed by atoms with Crippen LogP contribution in [0.25, 0.3) is 6.08 Å².